The molecular formula is C24H25FNNaO4. The number of para-hydroxylation sites is 1. The summed E-state index contributed by atoms with van der Waals surface area (Å²) in [5.41, 5.74) is 3.92. The summed E-state index contributed by atoms with van der Waals surface area (Å²) in [5, 5.41) is 31.6. The summed E-state index contributed by atoms with van der Waals surface area (Å²) in [6, 6.07) is 14.5. The maximum Gasteiger partial charge on any atom is 1.00 e. The minimum Gasteiger partial charge on any atom is -0.545 e. The molecule has 0 saturated carbocycles. The zero-order valence-corrected chi connectivity index (χ0v) is 20.0. The van der Waals surface area contributed by atoms with Crippen molar-refractivity contribution in [2.24, 2.45) is 0 Å². The summed E-state index contributed by atoms with van der Waals surface area (Å²) >= 11 is 0. The van der Waals surface area contributed by atoms with Gasteiger partial charge in [0.05, 0.1) is 17.8 Å². The third kappa shape index (κ3) is 5.98. The second-order valence-electron chi connectivity index (χ2n) is 7.66. The third-order valence-corrected chi connectivity index (χ3v) is 5.11. The van der Waals surface area contributed by atoms with E-state index in [9.17, 15) is 24.5 Å². The second kappa shape index (κ2) is 11.0. The topological polar surface area (TPSA) is 85.5 Å². The monoisotopic (exact) mass is 433 g/mol. The average molecular weight is 433 g/mol. The summed E-state index contributed by atoms with van der Waals surface area (Å²) in [6.07, 6.45) is 0.321. The molecule has 1 aromatic heterocycles. The van der Waals surface area contributed by atoms with E-state index in [1.54, 1.807) is 12.1 Å². The number of benzene rings is 2. The van der Waals surface area contributed by atoms with Gasteiger partial charge >= 0.3 is 29.6 Å². The first-order valence-electron chi connectivity index (χ1n) is 9.94. The summed E-state index contributed by atoms with van der Waals surface area (Å²) in [6.45, 7) is 4.16. The van der Waals surface area contributed by atoms with Crippen LogP contribution < -0.4 is 34.7 Å². The van der Waals surface area contributed by atoms with Gasteiger partial charge in [-0.3, -0.25) is 0 Å². The first-order valence-corrected chi connectivity index (χ1v) is 9.94. The molecule has 0 aliphatic carbocycles. The second-order valence-corrected chi connectivity index (χ2v) is 7.66. The molecule has 0 saturated heterocycles. The number of aliphatic carboxylic acids is 1. The number of halogens is 1. The molecule has 158 valence electrons. The van der Waals surface area contributed by atoms with Crippen LogP contribution in [0, 0.1) is 5.82 Å². The van der Waals surface area contributed by atoms with Crippen molar-refractivity contribution in [3.05, 3.63) is 71.9 Å². The molecule has 0 spiro atoms. The fourth-order valence-corrected chi connectivity index (χ4v) is 3.93. The molecular weight excluding hydrogens is 408 g/mol. The SMILES string of the molecule is CC(C)n1c(CCC(O)CC(O)=CC(=O)[O-])c(-c2ccc(F)cc2)c2ccccc21.[Na+]. The molecule has 0 bridgehead atoms. The van der Waals surface area contributed by atoms with Crippen LogP contribution in [0.4, 0.5) is 4.39 Å². The fourth-order valence-electron chi connectivity index (χ4n) is 3.93. The first kappa shape index (κ1) is 25.1. The first-order chi connectivity index (χ1) is 14.3. The number of aliphatic hydroxyl groups excluding tert-OH is 2. The number of hydrogen-bond acceptors (Lipinski definition) is 4. The Bertz CT molecular complexity index is 1070. The van der Waals surface area contributed by atoms with Crippen molar-refractivity contribution >= 4 is 16.9 Å². The van der Waals surface area contributed by atoms with Crippen LogP contribution in [-0.4, -0.2) is 26.9 Å². The van der Waals surface area contributed by atoms with Crippen molar-refractivity contribution in [1.29, 1.82) is 0 Å². The minimum atomic E-state index is -1.50. The molecule has 2 aromatic carbocycles. The van der Waals surface area contributed by atoms with Crippen LogP contribution in [0.1, 0.15) is 38.4 Å². The Balaban J connectivity index is 0.00000341. The van der Waals surface area contributed by atoms with Crippen molar-refractivity contribution < 1.29 is 54.1 Å². The number of fused-ring (bicyclic) bond motifs is 1. The zero-order valence-electron chi connectivity index (χ0n) is 18.0. The summed E-state index contributed by atoms with van der Waals surface area (Å²) < 4.78 is 15.7. The Morgan fingerprint density at radius 3 is 2.42 bits per heavy atom. The van der Waals surface area contributed by atoms with Crippen LogP contribution in [-0.2, 0) is 11.2 Å². The number of nitrogens with zero attached hydrogens (tertiary/aromatic N) is 1. The molecule has 0 aliphatic rings. The Labute approximate surface area is 203 Å². The Kier molecular flexibility index (Phi) is 8.89. The van der Waals surface area contributed by atoms with E-state index in [-0.39, 0.29) is 47.8 Å². The van der Waals surface area contributed by atoms with Crippen LogP contribution in [0.3, 0.4) is 0 Å². The number of carbonyl (C=O) groups is 1. The molecule has 2 N–H and O–H groups in total. The number of hydrogen-bond donors (Lipinski definition) is 2. The Morgan fingerprint density at radius 1 is 1.16 bits per heavy atom. The van der Waals surface area contributed by atoms with Gasteiger partial charge in [0.25, 0.3) is 0 Å². The molecule has 0 fully saturated rings. The van der Waals surface area contributed by atoms with E-state index in [4.69, 9.17) is 0 Å². The van der Waals surface area contributed by atoms with Gasteiger partial charge in [-0.15, -0.1) is 0 Å². The van der Waals surface area contributed by atoms with Crippen LogP contribution in [0.2, 0.25) is 0 Å². The van der Waals surface area contributed by atoms with Gasteiger partial charge in [0.2, 0.25) is 0 Å². The smallest absolute Gasteiger partial charge is 0.545 e. The fraction of sp³-hybridized carbons (Fsp3) is 0.292. The standard InChI is InChI=1S/C24H26FNO4.Na/c1-15(2)26-21-6-4-3-5-20(21)24(16-7-9-17(25)10-8-16)22(26)12-11-18(27)13-19(28)14-23(29)30;/h3-10,14-15,18,27-28H,11-13H2,1-2H3,(H,29,30);/q;+1/p-1. The largest absolute Gasteiger partial charge is 1.00 e. The van der Waals surface area contributed by atoms with Gasteiger partial charge in [-0.2, -0.15) is 0 Å². The Morgan fingerprint density at radius 2 is 1.81 bits per heavy atom. The quantitative estimate of drug-likeness (QED) is 0.314. The predicted octanol–water partition coefficient (Wildman–Crippen LogP) is 0.908. The molecule has 3 rings (SSSR count). The minimum absolute atomic E-state index is 0. The van der Waals surface area contributed by atoms with Crippen LogP contribution in [0.25, 0.3) is 22.0 Å². The van der Waals surface area contributed by atoms with Crippen molar-refractivity contribution in [2.75, 3.05) is 0 Å². The number of aromatic nitrogens is 1. The Hall–Kier alpha value is -2.12. The molecule has 1 unspecified atom stereocenters. The van der Waals surface area contributed by atoms with E-state index in [1.165, 1.54) is 12.1 Å². The van der Waals surface area contributed by atoms with Crippen molar-refractivity contribution in [3.8, 4) is 11.1 Å². The van der Waals surface area contributed by atoms with Gasteiger partial charge in [0.1, 0.15) is 5.82 Å². The van der Waals surface area contributed by atoms with Crippen molar-refractivity contribution in [3.63, 3.8) is 0 Å². The molecule has 5 nitrogen and oxygen atoms in total. The molecule has 3 aromatic rings. The number of carboxylic acid groups (broad SMARTS) is 1. The van der Waals surface area contributed by atoms with E-state index >= 15 is 0 Å². The summed E-state index contributed by atoms with van der Waals surface area (Å²) in [5.74, 6) is -2.23. The molecule has 1 atom stereocenters. The molecule has 0 radical (unpaired) electrons. The van der Waals surface area contributed by atoms with Gasteiger partial charge in [-0.05, 0) is 56.5 Å². The van der Waals surface area contributed by atoms with E-state index in [0.717, 1.165) is 27.7 Å². The van der Waals surface area contributed by atoms with Gasteiger partial charge in [0, 0.05) is 34.6 Å². The van der Waals surface area contributed by atoms with Gasteiger partial charge < -0.3 is 24.7 Å². The normalized spacial score (nSPS) is 12.7. The van der Waals surface area contributed by atoms with Crippen molar-refractivity contribution in [1.82, 2.24) is 4.57 Å². The van der Waals surface area contributed by atoms with Crippen LogP contribution in [0.15, 0.2) is 60.4 Å². The molecule has 0 aliphatic heterocycles. The number of carboxylic acids is 1. The van der Waals surface area contributed by atoms with Gasteiger partial charge in [0.15, 0.2) is 0 Å². The zero-order chi connectivity index (χ0) is 21.8. The number of aliphatic hydroxyl groups is 2. The summed E-state index contributed by atoms with van der Waals surface area (Å²) in [7, 11) is 0. The average Bonchev–Trinajstić information content (AvgIpc) is 3.00. The predicted molar refractivity (Wildman–Crippen MR) is 112 cm³/mol. The maximum atomic E-state index is 13.5. The molecule has 31 heavy (non-hydrogen) atoms. The number of rotatable bonds is 8. The molecule has 7 heteroatoms. The van der Waals surface area contributed by atoms with Crippen LogP contribution in [0.5, 0.6) is 0 Å². The van der Waals surface area contributed by atoms with E-state index in [0.29, 0.717) is 18.9 Å². The van der Waals surface area contributed by atoms with E-state index in [2.05, 4.69) is 18.4 Å². The molecule has 0 amide bonds. The van der Waals surface area contributed by atoms with Gasteiger partial charge in [-0.1, -0.05) is 30.3 Å². The van der Waals surface area contributed by atoms with E-state index in [1.807, 2.05) is 24.3 Å². The summed E-state index contributed by atoms with van der Waals surface area (Å²) in [4.78, 5) is 10.6. The van der Waals surface area contributed by atoms with Crippen LogP contribution >= 0.6 is 0 Å². The van der Waals surface area contributed by atoms with Crippen molar-refractivity contribution in [2.45, 2.75) is 45.3 Å². The third-order valence-electron chi connectivity index (χ3n) is 5.11. The van der Waals surface area contributed by atoms with Gasteiger partial charge in [-0.25, -0.2) is 4.39 Å². The van der Waals surface area contributed by atoms with E-state index < -0.39 is 17.8 Å². The molecule has 1 heterocycles. The number of carbonyl (C=O) groups excluding carboxylic acids is 1. The maximum absolute atomic E-state index is 13.5.